The van der Waals surface area contributed by atoms with Gasteiger partial charge in [0.05, 0.1) is 12.8 Å². The largest absolute Gasteiger partial charge is 0.497 e. The van der Waals surface area contributed by atoms with Gasteiger partial charge in [-0.1, -0.05) is 37.6 Å². The fourth-order valence-electron chi connectivity index (χ4n) is 1.65. The van der Waals surface area contributed by atoms with E-state index in [0.717, 1.165) is 22.6 Å². The minimum absolute atomic E-state index is 0.326. The van der Waals surface area contributed by atoms with Crippen molar-refractivity contribution < 1.29 is 4.74 Å². The van der Waals surface area contributed by atoms with Crippen LogP contribution in [0.4, 0.5) is 0 Å². The van der Waals surface area contributed by atoms with Crippen LogP contribution >= 0.6 is 11.6 Å². The van der Waals surface area contributed by atoms with Crippen molar-refractivity contribution in [3.63, 3.8) is 0 Å². The number of aromatic nitrogens is 2. The van der Waals surface area contributed by atoms with E-state index in [9.17, 15) is 0 Å². The highest BCUT2D eigenvalue weighted by molar-refractivity contribution is 6.32. The zero-order chi connectivity index (χ0) is 13.1. The molecule has 0 saturated heterocycles. The first-order valence-corrected chi connectivity index (χ1v) is 6.17. The lowest BCUT2D eigenvalue weighted by Crippen LogP contribution is -1.97. The third-order valence-electron chi connectivity index (χ3n) is 2.76. The van der Waals surface area contributed by atoms with Crippen molar-refractivity contribution in [3.05, 3.63) is 41.2 Å². The molecular formula is C14H15ClN2O. The number of nitrogens with zero attached hydrogens (tertiary/aromatic N) is 2. The molecule has 0 radical (unpaired) electrons. The van der Waals surface area contributed by atoms with Gasteiger partial charge in [-0.25, -0.2) is 0 Å². The van der Waals surface area contributed by atoms with Gasteiger partial charge < -0.3 is 4.74 Å². The van der Waals surface area contributed by atoms with Crippen LogP contribution in [0.25, 0.3) is 11.1 Å². The summed E-state index contributed by atoms with van der Waals surface area (Å²) in [4.78, 5) is 0. The van der Waals surface area contributed by atoms with Gasteiger partial charge in [-0.3, -0.25) is 0 Å². The molecule has 2 rings (SSSR count). The van der Waals surface area contributed by atoms with Crippen molar-refractivity contribution in [1.29, 1.82) is 0 Å². The van der Waals surface area contributed by atoms with Crippen molar-refractivity contribution >= 4 is 11.6 Å². The van der Waals surface area contributed by atoms with Gasteiger partial charge >= 0.3 is 0 Å². The van der Waals surface area contributed by atoms with Gasteiger partial charge in [0.2, 0.25) is 0 Å². The molecule has 4 heteroatoms. The maximum atomic E-state index is 6.10. The van der Waals surface area contributed by atoms with E-state index in [4.69, 9.17) is 16.3 Å². The monoisotopic (exact) mass is 262 g/mol. The summed E-state index contributed by atoms with van der Waals surface area (Å²) in [6, 6.07) is 9.72. The van der Waals surface area contributed by atoms with E-state index in [2.05, 4.69) is 24.0 Å². The van der Waals surface area contributed by atoms with Crippen LogP contribution in [0, 0.1) is 0 Å². The quantitative estimate of drug-likeness (QED) is 0.841. The highest BCUT2D eigenvalue weighted by atomic mass is 35.5. The molecule has 0 amide bonds. The van der Waals surface area contributed by atoms with Crippen LogP contribution in [0.2, 0.25) is 5.15 Å². The molecule has 1 aromatic carbocycles. The summed E-state index contributed by atoms with van der Waals surface area (Å²) in [5, 5.41) is 8.52. The Balaban J connectivity index is 2.45. The van der Waals surface area contributed by atoms with Gasteiger partial charge in [0.25, 0.3) is 0 Å². The number of ether oxygens (including phenoxy) is 1. The fraction of sp³-hybridized carbons (Fsp3) is 0.286. The van der Waals surface area contributed by atoms with E-state index < -0.39 is 0 Å². The van der Waals surface area contributed by atoms with Crippen molar-refractivity contribution in [2.75, 3.05) is 7.11 Å². The Morgan fingerprint density at radius 2 is 1.78 bits per heavy atom. The van der Waals surface area contributed by atoms with E-state index in [-0.39, 0.29) is 0 Å². The predicted octanol–water partition coefficient (Wildman–Crippen LogP) is 3.93. The third kappa shape index (κ3) is 2.62. The summed E-state index contributed by atoms with van der Waals surface area (Å²) in [5.41, 5.74) is 2.85. The summed E-state index contributed by atoms with van der Waals surface area (Å²) in [6.45, 7) is 4.16. The summed E-state index contributed by atoms with van der Waals surface area (Å²) in [5.74, 6) is 1.15. The SMILES string of the molecule is COc1ccc(-c2cc(C(C)C)nnc2Cl)cc1. The maximum absolute atomic E-state index is 6.10. The normalized spacial score (nSPS) is 10.7. The number of hydrogen-bond acceptors (Lipinski definition) is 3. The molecule has 0 unspecified atom stereocenters. The summed E-state index contributed by atoms with van der Waals surface area (Å²) < 4.78 is 5.14. The third-order valence-corrected chi connectivity index (χ3v) is 3.04. The van der Waals surface area contributed by atoms with Crippen LogP contribution in [-0.4, -0.2) is 17.3 Å². The standard InChI is InChI=1S/C14H15ClN2O/c1-9(2)13-8-12(14(15)17-16-13)10-4-6-11(18-3)7-5-10/h4-9H,1-3H3. The molecule has 1 aromatic heterocycles. The molecule has 2 aromatic rings. The summed E-state index contributed by atoms with van der Waals surface area (Å²) >= 11 is 6.10. The lowest BCUT2D eigenvalue weighted by Gasteiger charge is -2.08. The molecule has 0 bridgehead atoms. The molecule has 0 saturated carbocycles. The van der Waals surface area contributed by atoms with Gasteiger partial charge in [-0.2, -0.15) is 5.10 Å². The first-order chi connectivity index (χ1) is 8.61. The molecular weight excluding hydrogens is 248 g/mol. The topological polar surface area (TPSA) is 35.0 Å². The van der Waals surface area contributed by atoms with Crippen molar-refractivity contribution in [3.8, 4) is 16.9 Å². The minimum Gasteiger partial charge on any atom is -0.497 e. The maximum Gasteiger partial charge on any atom is 0.159 e. The van der Waals surface area contributed by atoms with Crippen LogP contribution in [0.3, 0.4) is 0 Å². The highest BCUT2D eigenvalue weighted by Gasteiger charge is 2.10. The Hall–Kier alpha value is -1.61. The smallest absolute Gasteiger partial charge is 0.159 e. The second kappa shape index (κ2) is 5.36. The first kappa shape index (κ1) is 12.8. The van der Waals surface area contributed by atoms with E-state index in [0.29, 0.717) is 11.1 Å². The fourth-order valence-corrected chi connectivity index (χ4v) is 1.85. The number of halogens is 1. The molecule has 0 aliphatic heterocycles. The molecule has 0 N–H and O–H groups in total. The van der Waals surface area contributed by atoms with Crippen LogP contribution in [0.5, 0.6) is 5.75 Å². The lowest BCUT2D eigenvalue weighted by atomic mass is 10.0. The van der Waals surface area contributed by atoms with Gasteiger partial charge in [0.1, 0.15) is 5.75 Å². The minimum atomic E-state index is 0.326. The molecule has 3 nitrogen and oxygen atoms in total. The zero-order valence-corrected chi connectivity index (χ0v) is 11.4. The van der Waals surface area contributed by atoms with Crippen molar-refractivity contribution in [2.24, 2.45) is 0 Å². The number of rotatable bonds is 3. The molecule has 0 aliphatic rings. The molecule has 0 fully saturated rings. The zero-order valence-electron chi connectivity index (χ0n) is 10.6. The van der Waals surface area contributed by atoms with Gasteiger partial charge in [0.15, 0.2) is 5.15 Å². The molecule has 0 spiro atoms. The van der Waals surface area contributed by atoms with E-state index in [1.807, 2.05) is 30.3 Å². The van der Waals surface area contributed by atoms with Gasteiger partial charge in [-0.15, -0.1) is 5.10 Å². The first-order valence-electron chi connectivity index (χ1n) is 5.79. The van der Waals surface area contributed by atoms with E-state index >= 15 is 0 Å². The second-order valence-corrected chi connectivity index (χ2v) is 4.71. The molecule has 18 heavy (non-hydrogen) atoms. The number of hydrogen-bond donors (Lipinski definition) is 0. The number of benzene rings is 1. The highest BCUT2D eigenvalue weighted by Crippen LogP contribution is 2.29. The van der Waals surface area contributed by atoms with Crippen LogP contribution in [-0.2, 0) is 0 Å². The van der Waals surface area contributed by atoms with Crippen LogP contribution < -0.4 is 4.74 Å². The lowest BCUT2D eigenvalue weighted by molar-refractivity contribution is 0.415. The van der Waals surface area contributed by atoms with Crippen LogP contribution in [0.15, 0.2) is 30.3 Å². The Morgan fingerprint density at radius 1 is 1.11 bits per heavy atom. The Bertz CT molecular complexity index is 538. The second-order valence-electron chi connectivity index (χ2n) is 4.36. The molecule has 94 valence electrons. The Morgan fingerprint density at radius 3 is 2.33 bits per heavy atom. The Labute approximate surface area is 112 Å². The van der Waals surface area contributed by atoms with Crippen molar-refractivity contribution in [1.82, 2.24) is 10.2 Å². The Kier molecular flexibility index (Phi) is 3.82. The van der Waals surface area contributed by atoms with E-state index in [1.165, 1.54) is 0 Å². The van der Waals surface area contributed by atoms with Crippen LogP contribution in [0.1, 0.15) is 25.5 Å². The van der Waals surface area contributed by atoms with E-state index in [1.54, 1.807) is 7.11 Å². The molecule has 0 aliphatic carbocycles. The summed E-state index contributed by atoms with van der Waals surface area (Å²) in [7, 11) is 1.65. The molecule has 0 atom stereocenters. The summed E-state index contributed by atoms with van der Waals surface area (Å²) in [6.07, 6.45) is 0. The average molecular weight is 263 g/mol. The molecule has 1 heterocycles. The predicted molar refractivity (Wildman–Crippen MR) is 73.1 cm³/mol. The average Bonchev–Trinajstić information content (AvgIpc) is 2.39. The van der Waals surface area contributed by atoms with Gasteiger partial charge in [-0.05, 0) is 29.7 Å². The van der Waals surface area contributed by atoms with Crippen molar-refractivity contribution in [2.45, 2.75) is 19.8 Å². The number of methoxy groups -OCH3 is 1. The van der Waals surface area contributed by atoms with Gasteiger partial charge in [0, 0.05) is 5.56 Å².